The Morgan fingerprint density at radius 3 is 2.83 bits per heavy atom. The highest BCUT2D eigenvalue weighted by Gasteiger charge is 2.47. The van der Waals surface area contributed by atoms with Crippen molar-refractivity contribution in [3.05, 3.63) is 24.2 Å². The van der Waals surface area contributed by atoms with Crippen LogP contribution in [0.5, 0.6) is 5.75 Å². The molecule has 4 atom stereocenters. The SMILES string of the molecule is CC1OCC2(CCN(c3ncc(Sc4ccnc5c4OCC4CC(O)CN54)nc3CO)CC2)C1N. The van der Waals surface area contributed by atoms with E-state index in [0.717, 1.165) is 42.5 Å². The highest BCUT2D eigenvalue weighted by molar-refractivity contribution is 7.99. The van der Waals surface area contributed by atoms with Gasteiger partial charge in [-0.15, -0.1) is 0 Å². The molecule has 0 aliphatic carbocycles. The van der Waals surface area contributed by atoms with Crippen LogP contribution in [0.15, 0.2) is 28.4 Å². The van der Waals surface area contributed by atoms with E-state index in [9.17, 15) is 10.2 Å². The summed E-state index contributed by atoms with van der Waals surface area (Å²) in [6.07, 6.45) is 5.82. The molecular weight excluding hydrogens is 468 g/mol. The second kappa shape index (κ2) is 9.04. The molecule has 2 aromatic rings. The number of aliphatic hydroxyl groups is 2. The maximum atomic E-state index is 10.1. The highest BCUT2D eigenvalue weighted by atomic mass is 32.2. The molecule has 1 spiro atoms. The molecular formula is C24H32N6O4S. The van der Waals surface area contributed by atoms with E-state index in [1.165, 1.54) is 11.8 Å². The van der Waals surface area contributed by atoms with Gasteiger partial charge in [-0.05, 0) is 32.3 Å². The zero-order chi connectivity index (χ0) is 24.2. The molecule has 10 nitrogen and oxygen atoms in total. The summed E-state index contributed by atoms with van der Waals surface area (Å²) in [6, 6.07) is 2.12. The molecule has 0 radical (unpaired) electrons. The lowest BCUT2D eigenvalue weighted by Gasteiger charge is -2.41. The summed E-state index contributed by atoms with van der Waals surface area (Å²) in [5, 5.41) is 20.9. The first-order chi connectivity index (χ1) is 17.0. The summed E-state index contributed by atoms with van der Waals surface area (Å²) in [5.41, 5.74) is 7.06. The van der Waals surface area contributed by atoms with Gasteiger partial charge in [-0.25, -0.2) is 15.0 Å². The Balaban J connectivity index is 1.19. The number of nitrogens with two attached hydrogens (primary N) is 1. The van der Waals surface area contributed by atoms with E-state index < -0.39 is 0 Å². The quantitative estimate of drug-likeness (QED) is 0.559. The van der Waals surface area contributed by atoms with Crippen molar-refractivity contribution in [2.24, 2.45) is 11.1 Å². The Kier molecular flexibility index (Phi) is 6.00. The van der Waals surface area contributed by atoms with Crippen molar-refractivity contribution in [3.63, 3.8) is 0 Å². The average molecular weight is 501 g/mol. The molecule has 4 aliphatic heterocycles. The van der Waals surface area contributed by atoms with Crippen molar-refractivity contribution in [2.45, 2.75) is 67.0 Å². The molecule has 11 heteroatoms. The summed E-state index contributed by atoms with van der Waals surface area (Å²) in [5.74, 6) is 2.21. The molecule has 4 N–H and O–H groups in total. The van der Waals surface area contributed by atoms with Crippen molar-refractivity contribution in [1.29, 1.82) is 0 Å². The van der Waals surface area contributed by atoms with E-state index in [1.807, 2.05) is 6.07 Å². The van der Waals surface area contributed by atoms with Crippen LogP contribution in [0, 0.1) is 5.41 Å². The summed E-state index contributed by atoms with van der Waals surface area (Å²) in [7, 11) is 0. The molecule has 6 rings (SSSR count). The minimum atomic E-state index is -0.358. The minimum absolute atomic E-state index is 0.0311. The lowest BCUT2D eigenvalue weighted by molar-refractivity contribution is 0.0973. The van der Waals surface area contributed by atoms with Crippen LogP contribution in [0.4, 0.5) is 11.6 Å². The van der Waals surface area contributed by atoms with Crippen LogP contribution in [-0.2, 0) is 11.3 Å². The topological polar surface area (TPSA) is 130 Å². The number of hydrogen-bond acceptors (Lipinski definition) is 11. The van der Waals surface area contributed by atoms with Crippen molar-refractivity contribution < 1.29 is 19.7 Å². The summed E-state index contributed by atoms with van der Waals surface area (Å²) >= 11 is 1.45. The lowest BCUT2D eigenvalue weighted by Crippen LogP contribution is -2.51. The van der Waals surface area contributed by atoms with Crippen molar-refractivity contribution in [1.82, 2.24) is 15.0 Å². The molecule has 4 unspecified atom stereocenters. The highest BCUT2D eigenvalue weighted by Crippen LogP contribution is 2.45. The van der Waals surface area contributed by atoms with E-state index in [-0.39, 0.29) is 36.3 Å². The summed E-state index contributed by atoms with van der Waals surface area (Å²) in [6.45, 7) is 5.30. The van der Waals surface area contributed by atoms with Gasteiger partial charge in [0.15, 0.2) is 17.4 Å². The molecule has 2 aromatic heterocycles. The second-order valence-corrected chi connectivity index (χ2v) is 11.2. The number of rotatable bonds is 4. The molecule has 0 amide bonds. The zero-order valence-electron chi connectivity index (χ0n) is 19.8. The molecule has 6 heterocycles. The maximum absolute atomic E-state index is 10.1. The van der Waals surface area contributed by atoms with Gasteiger partial charge in [-0.1, -0.05) is 11.8 Å². The molecule has 4 aliphatic rings. The normalized spacial score (nSPS) is 29.3. The standard InChI is InChI=1S/C24H32N6O4S/c1-14-21(25)24(13-34-14)3-6-29(7-4-24)22-17(11-31)28-19(9-27-22)35-18-2-5-26-23-20(18)33-12-15-8-16(32)10-30(15)23/h2,5,9,14-16,21,31-32H,3-4,6-8,10-13,25H2,1H3. The predicted octanol–water partition coefficient (Wildman–Crippen LogP) is 1.18. The number of hydrogen-bond donors (Lipinski definition) is 3. The van der Waals surface area contributed by atoms with Gasteiger partial charge in [0.25, 0.3) is 0 Å². The van der Waals surface area contributed by atoms with Gasteiger partial charge >= 0.3 is 0 Å². The smallest absolute Gasteiger partial charge is 0.175 e. The van der Waals surface area contributed by atoms with Gasteiger partial charge in [0.2, 0.25) is 0 Å². The molecule has 0 aromatic carbocycles. The number of aromatic nitrogens is 3. The Bertz CT molecular complexity index is 1100. The van der Waals surface area contributed by atoms with E-state index >= 15 is 0 Å². The van der Waals surface area contributed by atoms with Gasteiger partial charge < -0.3 is 35.2 Å². The number of aliphatic hydroxyl groups excluding tert-OH is 2. The minimum Gasteiger partial charge on any atom is -0.486 e. The predicted molar refractivity (Wildman–Crippen MR) is 131 cm³/mol. The fraction of sp³-hybridized carbons (Fsp3) is 0.625. The van der Waals surface area contributed by atoms with Gasteiger partial charge in [-0.3, -0.25) is 0 Å². The van der Waals surface area contributed by atoms with Crippen LogP contribution in [0.1, 0.15) is 31.9 Å². The molecule has 188 valence electrons. The van der Waals surface area contributed by atoms with Crippen LogP contribution in [0.25, 0.3) is 0 Å². The van der Waals surface area contributed by atoms with Crippen LogP contribution in [0.3, 0.4) is 0 Å². The lowest BCUT2D eigenvalue weighted by atomic mass is 9.73. The van der Waals surface area contributed by atoms with Gasteiger partial charge in [0, 0.05) is 37.3 Å². The second-order valence-electron chi connectivity index (χ2n) is 10.1. The fourth-order valence-electron chi connectivity index (χ4n) is 5.90. The molecule has 0 saturated carbocycles. The third kappa shape index (κ3) is 4.03. The Morgan fingerprint density at radius 2 is 2.09 bits per heavy atom. The number of nitrogens with zero attached hydrogens (tertiary/aromatic N) is 5. The van der Waals surface area contributed by atoms with Gasteiger partial charge in [0.05, 0.1) is 42.6 Å². The van der Waals surface area contributed by atoms with E-state index in [1.54, 1.807) is 12.4 Å². The van der Waals surface area contributed by atoms with Crippen LogP contribution < -0.4 is 20.3 Å². The van der Waals surface area contributed by atoms with Crippen molar-refractivity contribution in [2.75, 3.05) is 42.6 Å². The first-order valence-corrected chi connectivity index (χ1v) is 13.1. The number of fused-ring (bicyclic) bond motifs is 3. The van der Waals surface area contributed by atoms with Gasteiger partial charge in [0.1, 0.15) is 17.3 Å². The fourth-order valence-corrected chi connectivity index (χ4v) is 6.76. The Hall–Kier alpha value is -2.18. The Morgan fingerprint density at radius 1 is 1.26 bits per heavy atom. The van der Waals surface area contributed by atoms with Crippen LogP contribution in [0.2, 0.25) is 0 Å². The first-order valence-electron chi connectivity index (χ1n) is 12.3. The number of anilines is 2. The molecule has 0 bridgehead atoms. The molecule has 3 saturated heterocycles. The third-order valence-electron chi connectivity index (χ3n) is 8.00. The average Bonchev–Trinajstić information content (AvgIpc) is 3.39. The maximum Gasteiger partial charge on any atom is 0.175 e. The van der Waals surface area contributed by atoms with Crippen LogP contribution >= 0.6 is 11.8 Å². The van der Waals surface area contributed by atoms with Crippen LogP contribution in [-0.4, -0.2) is 82.3 Å². The largest absolute Gasteiger partial charge is 0.486 e. The zero-order valence-corrected chi connectivity index (χ0v) is 20.7. The van der Waals surface area contributed by atoms with Crippen molar-refractivity contribution >= 4 is 23.4 Å². The summed E-state index contributed by atoms with van der Waals surface area (Å²) in [4.78, 5) is 19.2. The Labute approximate surface area is 208 Å². The summed E-state index contributed by atoms with van der Waals surface area (Å²) < 4.78 is 11.9. The van der Waals surface area contributed by atoms with E-state index in [0.29, 0.717) is 42.6 Å². The molecule has 35 heavy (non-hydrogen) atoms. The monoisotopic (exact) mass is 500 g/mol. The van der Waals surface area contributed by atoms with Gasteiger partial charge in [-0.2, -0.15) is 0 Å². The number of ether oxygens (including phenoxy) is 2. The molecule has 3 fully saturated rings. The van der Waals surface area contributed by atoms with E-state index in [4.69, 9.17) is 25.2 Å². The number of piperidine rings is 1. The first kappa shape index (κ1) is 23.2. The van der Waals surface area contributed by atoms with Crippen molar-refractivity contribution in [3.8, 4) is 5.75 Å². The number of pyridine rings is 1. The van der Waals surface area contributed by atoms with E-state index in [2.05, 4.69) is 21.7 Å². The third-order valence-corrected chi connectivity index (χ3v) is 8.95.